The molecule has 0 saturated carbocycles. The number of carbonyl (C=O) groups excluding carboxylic acids is 1. The van der Waals surface area contributed by atoms with Gasteiger partial charge in [-0.1, -0.05) is 0 Å². The van der Waals surface area contributed by atoms with Crippen molar-refractivity contribution >= 4 is 11.8 Å². The van der Waals surface area contributed by atoms with E-state index in [1.165, 1.54) is 0 Å². The predicted molar refractivity (Wildman–Crippen MR) is 40.0 cm³/mol. The molecule has 74 valence electrons. The Labute approximate surface area is 76.4 Å². The third kappa shape index (κ3) is 1.68. The number of aromatic hydroxyl groups is 1. The molecule has 0 aliphatic rings. The molecule has 0 radical (unpaired) electrons. The molecule has 6 heteroatoms. The second kappa shape index (κ2) is 3.41. The number of rotatable bonds is 2. The van der Waals surface area contributed by atoms with Crippen molar-refractivity contribution in [3.8, 4) is 5.75 Å². The van der Waals surface area contributed by atoms with E-state index < -0.39 is 34.7 Å². The monoisotopic (exact) mass is 202 g/mol. The van der Waals surface area contributed by atoms with Crippen molar-refractivity contribution in [1.29, 1.82) is 0 Å². The summed E-state index contributed by atoms with van der Waals surface area (Å²) in [5.41, 5.74) is -0.781. The van der Waals surface area contributed by atoms with Gasteiger partial charge < -0.3 is 10.2 Å². The van der Waals surface area contributed by atoms with Crippen LogP contribution in [0, 0.1) is 11.6 Å². The smallest absolute Gasteiger partial charge is 0.377 e. The minimum Gasteiger partial charge on any atom is -0.507 e. The molecule has 14 heavy (non-hydrogen) atoms. The van der Waals surface area contributed by atoms with Gasteiger partial charge >= 0.3 is 5.97 Å². The van der Waals surface area contributed by atoms with E-state index in [9.17, 15) is 18.4 Å². The first kappa shape index (κ1) is 10.1. The number of carboxylic acids is 1. The van der Waals surface area contributed by atoms with Gasteiger partial charge in [-0.15, -0.1) is 0 Å². The van der Waals surface area contributed by atoms with Crippen LogP contribution >= 0.6 is 0 Å². The molecular formula is C8H4F2O4. The molecule has 1 rings (SSSR count). The predicted octanol–water partition coefficient (Wildman–Crippen LogP) is 0.938. The lowest BCUT2D eigenvalue weighted by molar-refractivity contribution is -0.131. The quantitative estimate of drug-likeness (QED) is 0.552. The summed E-state index contributed by atoms with van der Waals surface area (Å²) in [7, 11) is 0. The number of aliphatic carboxylic acids is 1. The first-order valence-electron chi connectivity index (χ1n) is 3.39. The van der Waals surface area contributed by atoms with Crippen LogP contribution in [0.4, 0.5) is 8.78 Å². The second-order valence-corrected chi connectivity index (χ2v) is 2.42. The minimum absolute atomic E-state index is 0.334. The van der Waals surface area contributed by atoms with E-state index in [0.29, 0.717) is 12.1 Å². The number of halogens is 2. The average Bonchev–Trinajstić information content (AvgIpc) is 2.10. The summed E-state index contributed by atoms with van der Waals surface area (Å²) < 4.78 is 25.0. The SMILES string of the molecule is O=C(O)C(=O)c1cc(F)c(F)cc1O. The number of ketones is 1. The highest BCUT2D eigenvalue weighted by atomic mass is 19.2. The molecule has 0 aromatic heterocycles. The Kier molecular flexibility index (Phi) is 2.46. The number of hydrogen-bond donors (Lipinski definition) is 2. The maximum Gasteiger partial charge on any atom is 0.377 e. The number of phenols is 1. The molecule has 4 nitrogen and oxygen atoms in total. The van der Waals surface area contributed by atoms with Crippen molar-refractivity contribution in [3.05, 3.63) is 29.3 Å². The number of hydrogen-bond acceptors (Lipinski definition) is 3. The molecular weight excluding hydrogens is 198 g/mol. The van der Waals surface area contributed by atoms with E-state index in [1.54, 1.807) is 0 Å². The van der Waals surface area contributed by atoms with Crippen LogP contribution in [0.3, 0.4) is 0 Å². The van der Waals surface area contributed by atoms with E-state index in [4.69, 9.17) is 10.2 Å². The number of Topliss-reactive ketones (excluding diaryl/α,β-unsaturated/α-hetero) is 1. The van der Waals surface area contributed by atoms with Crippen LogP contribution in [-0.4, -0.2) is 22.0 Å². The summed E-state index contributed by atoms with van der Waals surface area (Å²) in [6.07, 6.45) is 0. The molecule has 0 amide bonds. The molecule has 0 aliphatic carbocycles. The third-order valence-electron chi connectivity index (χ3n) is 1.48. The van der Waals surface area contributed by atoms with Crippen molar-refractivity contribution in [2.45, 2.75) is 0 Å². The van der Waals surface area contributed by atoms with Gasteiger partial charge in [0.25, 0.3) is 5.78 Å². The molecule has 0 atom stereocenters. The van der Waals surface area contributed by atoms with Crippen LogP contribution in [0.5, 0.6) is 5.75 Å². The van der Waals surface area contributed by atoms with Crippen molar-refractivity contribution in [2.24, 2.45) is 0 Å². The second-order valence-electron chi connectivity index (χ2n) is 2.42. The van der Waals surface area contributed by atoms with Crippen molar-refractivity contribution in [3.63, 3.8) is 0 Å². The van der Waals surface area contributed by atoms with E-state index in [1.807, 2.05) is 0 Å². The third-order valence-corrected chi connectivity index (χ3v) is 1.48. The lowest BCUT2D eigenvalue weighted by Gasteiger charge is -2.00. The highest BCUT2D eigenvalue weighted by Crippen LogP contribution is 2.21. The fraction of sp³-hybridized carbons (Fsp3) is 0. The fourth-order valence-electron chi connectivity index (χ4n) is 0.833. The molecule has 0 unspecified atom stereocenters. The molecule has 0 aliphatic heterocycles. The van der Waals surface area contributed by atoms with Gasteiger partial charge in [0, 0.05) is 6.07 Å². The van der Waals surface area contributed by atoms with E-state index in [-0.39, 0.29) is 0 Å². The lowest BCUT2D eigenvalue weighted by Crippen LogP contribution is -2.13. The summed E-state index contributed by atoms with van der Waals surface area (Å²) in [5, 5.41) is 17.2. The Morgan fingerprint density at radius 3 is 2.14 bits per heavy atom. The van der Waals surface area contributed by atoms with Gasteiger partial charge in [0.2, 0.25) is 0 Å². The van der Waals surface area contributed by atoms with Crippen LogP contribution in [0.2, 0.25) is 0 Å². The molecule has 2 N–H and O–H groups in total. The highest BCUT2D eigenvalue weighted by Gasteiger charge is 2.20. The topological polar surface area (TPSA) is 74.6 Å². The standard InChI is InChI=1S/C8H4F2O4/c9-4-1-3(7(12)8(13)14)6(11)2-5(4)10/h1-2,11H,(H,13,14). The number of carboxylic acid groups (broad SMARTS) is 1. The lowest BCUT2D eigenvalue weighted by atomic mass is 10.1. The first-order valence-corrected chi connectivity index (χ1v) is 3.39. The molecule has 1 aromatic rings. The van der Waals surface area contributed by atoms with Crippen LogP contribution in [0.1, 0.15) is 10.4 Å². The minimum atomic E-state index is -1.86. The maximum atomic E-state index is 12.6. The number of benzene rings is 1. The zero-order valence-corrected chi connectivity index (χ0v) is 6.62. The van der Waals surface area contributed by atoms with Crippen LogP contribution < -0.4 is 0 Å². The summed E-state index contributed by atoms with van der Waals surface area (Å²) in [4.78, 5) is 21.0. The van der Waals surface area contributed by atoms with E-state index in [2.05, 4.69) is 0 Å². The van der Waals surface area contributed by atoms with Crippen LogP contribution in [-0.2, 0) is 4.79 Å². The van der Waals surface area contributed by atoms with Crippen molar-refractivity contribution < 1.29 is 28.6 Å². The van der Waals surface area contributed by atoms with Gasteiger partial charge in [0.1, 0.15) is 5.75 Å². The Hall–Kier alpha value is -1.98. The molecule has 0 saturated heterocycles. The van der Waals surface area contributed by atoms with Crippen molar-refractivity contribution in [2.75, 3.05) is 0 Å². The van der Waals surface area contributed by atoms with Crippen LogP contribution in [0.15, 0.2) is 12.1 Å². The zero-order valence-electron chi connectivity index (χ0n) is 6.62. The normalized spacial score (nSPS) is 9.86. The zero-order chi connectivity index (χ0) is 10.9. The summed E-state index contributed by atoms with van der Waals surface area (Å²) in [5.74, 6) is -7.01. The fourth-order valence-corrected chi connectivity index (χ4v) is 0.833. The van der Waals surface area contributed by atoms with Gasteiger partial charge in [-0.05, 0) is 6.07 Å². The molecule has 1 aromatic carbocycles. The number of phenolic OH excluding ortho intramolecular Hbond substituents is 1. The Morgan fingerprint density at radius 1 is 1.14 bits per heavy atom. The highest BCUT2D eigenvalue weighted by molar-refractivity contribution is 6.40. The molecule has 0 fully saturated rings. The van der Waals surface area contributed by atoms with Gasteiger partial charge in [0.15, 0.2) is 11.6 Å². The molecule has 0 heterocycles. The van der Waals surface area contributed by atoms with E-state index >= 15 is 0 Å². The summed E-state index contributed by atoms with van der Waals surface area (Å²) in [6.45, 7) is 0. The number of carbonyl (C=O) groups is 2. The maximum absolute atomic E-state index is 12.6. The van der Waals surface area contributed by atoms with Crippen LogP contribution in [0.25, 0.3) is 0 Å². The van der Waals surface area contributed by atoms with Gasteiger partial charge in [0.05, 0.1) is 5.56 Å². The van der Waals surface area contributed by atoms with Gasteiger partial charge in [-0.25, -0.2) is 13.6 Å². The average molecular weight is 202 g/mol. The Bertz CT molecular complexity index is 414. The Balaban J connectivity index is 3.29. The summed E-state index contributed by atoms with van der Waals surface area (Å²) in [6, 6.07) is 0.673. The Morgan fingerprint density at radius 2 is 1.64 bits per heavy atom. The first-order chi connectivity index (χ1) is 6.43. The largest absolute Gasteiger partial charge is 0.507 e. The van der Waals surface area contributed by atoms with Gasteiger partial charge in [-0.2, -0.15) is 0 Å². The molecule has 0 spiro atoms. The molecule has 0 bridgehead atoms. The summed E-state index contributed by atoms with van der Waals surface area (Å²) >= 11 is 0. The van der Waals surface area contributed by atoms with Gasteiger partial charge in [-0.3, -0.25) is 4.79 Å². The van der Waals surface area contributed by atoms with Crippen molar-refractivity contribution in [1.82, 2.24) is 0 Å². The van der Waals surface area contributed by atoms with E-state index in [0.717, 1.165) is 0 Å².